The molecule has 2 aliphatic rings. The Hall–Kier alpha value is -1.77. The van der Waals surface area contributed by atoms with Gasteiger partial charge in [-0.2, -0.15) is 0 Å². The molecule has 1 aliphatic heterocycles. The van der Waals surface area contributed by atoms with E-state index in [1.165, 1.54) is 18.4 Å². The average molecular weight is 327 g/mol. The van der Waals surface area contributed by atoms with Crippen LogP contribution in [0.1, 0.15) is 69.1 Å². The maximum Gasteiger partial charge on any atom is 0.160 e. The van der Waals surface area contributed by atoms with Crippen LogP contribution in [0.25, 0.3) is 5.70 Å². The van der Waals surface area contributed by atoms with E-state index in [0.29, 0.717) is 5.75 Å². The lowest BCUT2D eigenvalue weighted by atomic mass is 9.84. The summed E-state index contributed by atoms with van der Waals surface area (Å²) in [5.41, 5.74) is 3.84. The van der Waals surface area contributed by atoms with Crippen molar-refractivity contribution < 1.29 is 9.90 Å². The number of rotatable bonds is 2. The zero-order valence-corrected chi connectivity index (χ0v) is 15.1. The smallest absolute Gasteiger partial charge is 0.160 e. The molecule has 2 N–H and O–H groups in total. The second kappa shape index (κ2) is 6.62. The lowest BCUT2D eigenvalue weighted by Gasteiger charge is -2.36. The summed E-state index contributed by atoms with van der Waals surface area (Å²) in [4.78, 5) is 12.8. The van der Waals surface area contributed by atoms with Gasteiger partial charge in [0.1, 0.15) is 5.75 Å². The number of nitrogens with one attached hydrogen (secondary N) is 1. The molecule has 1 aromatic rings. The predicted octanol–water partition coefficient (Wildman–Crippen LogP) is 4.51. The van der Waals surface area contributed by atoms with Crippen LogP contribution in [0.4, 0.5) is 0 Å². The van der Waals surface area contributed by atoms with Crippen LogP contribution < -0.4 is 5.32 Å². The highest BCUT2D eigenvalue weighted by Crippen LogP contribution is 2.34. The summed E-state index contributed by atoms with van der Waals surface area (Å²) in [6.45, 7) is 6.23. The van der Waals surface area contributed by atoms with Crippen LogP contribution in [0.15, 0.2) is 18.2 Å². The highest BCUT2D eigenvalue weighted by molar-refractivity contribution is 5.98. The molecule has 0 radical (unpaired) electrons. The van der Waals surface area contributed by atoms with Crippen LogP contribution in [0.3, 0.4) is 0 Å². The molecule has 1 aromatic carbocycles. The lowest BCUT2D eigenvalue weighted by molar-refractivity contribution is -0.118. The van der Waals surface area contributed by atoms with Crippen LogP contribution >= 0.6 is 0 Å². The highest BCUT2D eigenvalue weighted by atomic mass is 16.3. The summed E-state index contributed by atoms with van der Waals surface area (Å²) in [6.07, 6.45) is 9.53. The molecule has 0 atom stereocenters. The lowest BCUT2D eigenvalue weighted by Crippen LogP contribution is -2.44. The van der Waals surface area contributed by atoms with Gasteiger partial charge in [-0.1, -0.05) is 31.7 Å². The molecule has 130 valence electrons. The Morgan fingerprint density at radius 3 is 2.54 bits per heavy atom. The minimum atomic E-state index is -0.0913. The number of ketones is 1. The summed E-state index contributed by atoms with van der Waals surface area (Å²) in [5, 5.41) is 13.6. The van der Waals surface area contributed by atoms with Gasteiger partial charge < -0.3 is 10.4 Å². The molecule has 0 aromatic heterocycles. The number of aromatic hydroxyl groups is 1. The number of allylic oxidation sites excluding steroid dienone is 1. The van der Waals surface area contributed by atoms with E-state index in [1.54, 1.807) is 12.1 Å². The summed E-state index contributed by atoms with van der Waals surface area (Å²) in [5.74, 6) is 0.695. The zero-order chi connectivity index (χ0) is 17.3. The van der Waals surface area contributed by atoms with Gasteiger partial charge in [-0.05, 0) is 57.2 Å². The molecule has 0 spiro atoms. The number of phenolic OH excluding ortho intramolecular Hbond substituents is 1. The van der Waals surface area contributed by atoms with Crippen LogP contribution in [0, 0.1) is 12.8 Å². The third-order valence-corrected chi connectivity index (χ3v) is 5.36. The summed E-state index contributed by atoms with van der Waals surface area (Å²) >= 11 is 0. The molecule has 0 bridgehead atoms. The number of carbonyl (C=O) groups excluding carboxylic acids is 1. The molecular formula is C21H29NO2. The van der Waals surface area contributed by atoms with Crippen molar-refractivity contribution in [1.29, 1.82) is 0 Å². The number of carbonyl (C=O) groups is 1. The van der Waals surface area contributed by atoms with Gasteiger partial charge in [0.05, 0.1) is 0 Å². The molecular weight excluding hydrogens is 298 g/mol. The molecule has 1 fully saturated rings. The van der Waals surface area contributed by atoms with Gasteiger partial charge in [0.15, 0.2) is 5.78 Å². The first-order valence-electron chi connectivity index (χ1n) is 9.22. The van der Waals surface area contributed by atoms with E-state index in [4.69, 9.17) is 0 Å². The normalized spacial score (nSPS) is 22.5. The van der Waals surface area contributed by atoms with Crippen molar-refractivity contribution in [3.05, 3.63) is 34.9 Å². The summed E-state index contributed by atoms with van der Waals surface area (Å²) in [6, 6.07) is 3.86. The monoisotopic (exact) mass is 327 g/mol. The van der Waals surface area contributed by atoms with Crippen LogP contribution in [0.5, 0.6) is 5.75 Å². The van der Waals surface area contributed by atoms with E-state index in [2.05, 4.69) is 25.2 Å². The fourth-order valence-electron chi connectivity index (χ4n) is 4.04. The van der Waals surface area contributed by atoms with Gasteiger partial charge in [-0.3, -0.25) is 4.79 Å². The Bertz CT molecular complexity index is 665. The van der Waals surface area contributed by atoms with E-state index < -0.39 is 0 Å². The van der Waals surface area contributed by atoms with Crippen molar-refractivity contribution in [2.45, 2.75) is 71.3 Å². The molecule has 3 nitrogen and oxygen atoms in total. The molecule has 24 heavy (non-hydrogen) atoms. The standard InChI is InChI=1S/C21H29NO2/c1-14-10-16-13-21(2,3)22-18(17(16)11-19(14)23)12-20(24)15-8-6-4-5-7-9-15/h10-12,15,22-23H,4-9,13H2,1-3H3/b18-12-. The Morgan fingerprint density at radius 2 is 1.88 bits per heavy atom. The quantitative estimate of drug-likeness (QED) is 0.621. The molecule has 1 heterocycles. The zero-order valence-electron chi connectivity index (χ0n) is 15.1. The Labute approximate surface area is 145 Å². The van der Waals surface area contributed by atoms with Crippen LogP contribution in [-0.4, -0.2) is 16.4 Å². The first-order chi connectivity index (χ1) is 11.4. The van der Waals surface area contributed by atoms with Gasteiger partial charge in [-0.15, -0.1) is 0 Å². The molecule has 3 rings (SSSR count). The van der Waals surface area contributed by atoms with E-state index in [-0.39, 0.29) is 17.2 Å². The van der Waals surface area contributed by atoms with Crippen LogP contribution in [-0.2, 0) is 11.2 Å². The van der Waals surface area contributed by atoms with Crippen molar-refractivity contribution in [3.8, 4) is 5.75 Å². The van der Waals surface area contributed by atoms with Gasteiger partial charge >= 0.3 is 0 Å². The van der Waals surface area contributed by atoms with Crippen molar-refractivity contribution >= 4 is 11.5 Å². The number of fused-ring (bicyclic) bond motifs is 1. The molecule has 3 heteroatoms. The molecule has 1 aliphatic carbocycles. The fourth-order valence-corrected chi connectivity index (χ4v) is 4.04. The summed E-state index contributed by atoms with van der Waals surface area (Å²) in [7, 11) is 0. The minimum Gasteiger partial charge on any atom is -0.508 e. The Kier molecular flexibility index (Phi) is 4.71. The first-order valence-corrected chi connectivity index (χ1v) is 9.22. The predicted molar refractivity (Wildman–Crippen MR) is 97.9 cm³/mol. The largest absolute Gasteiger partial charge is 0.508 e. The SMILES string of the molecule is Cc1cc2c(cc1O)/C(=C/C(=O)C1CCCCCC1)NC(C)(C)C2. The van der Waals surface area contributed by atoms with Crippen molar-refractivity contribution in [2.75, 3.05) is 0 Å². The maximum absolute atomic E-state index is 12.8. The number of hydrogen-bond donors (Lipinski definition) is 2. The van der Waals surface area contributed by atoms with E-state index >= 15 is 0 Å². The van der Waals surface area contributed by atoms with Crippen molar-refractivity contribution in [1.82, 2.24) is 5.32 Å². The minimum absolute atomic E-state index is 0.0913. The third kappa shape index (κ3) is 3.66. The van der Waals surface area contributed by atoms with Crippen molar-refractivity contribution in [2.24, 2.45) is 5.92 Å². The van der Waals surface area contributed by atoms with E-state index in [1.807, 2.05) is 6.92 Å². The number of benzene rings is 1. The average Bonchev–Trinajstić information content (AvgIpc) is 2.77. The molecule has 0 amide bonds. The second-order valence-electron chi connectivity index (χ2n) is 8.13. The van der Waals surface area contributed by atoms with Gasteiger partial charge in [-0.25, -0.2) is 0 Å². The molecule has 0 unspecified atom stereocenters. The number of aryl methyl sites for hydroxylation is 1. The molecule has 0 saturated heterocycles. The number of phenols is 1. The second-order valence-corrected chi connectivity index (χ2v) is 8.13. The molecule has 1 saturated carbocycles. The highest BCUT2D eigenvalue weighted by Gasteiger charge is 2.29. The van der Waals surface area contributed by atoms with Gasteiger partial charge in [0.2, 0.25) is 0 Å². The van der Waals surface area contributed by atoms with Gasteiger partial charge in [0, 0.05) is 28.8 Å². The van der Waals surface area contributed by atoms with Crippen LogP contribution in [0.2, 0.25) is 0 Å². The first kappa shape index (κ1) is 17.1. The fraction of sp³-hybridized carbons (Fsp3) is 0.571. The van der Waals surface area contributed by atoms with Crippen molar-refractivity contribution in [3.63, 3.8) is 0 Å². The number of hydrogen-bond acceptors (Lipinski definition) is 3. The van der Waals surface area contributed by atoms with Gasteiger partial charge in [0.25, 0.3) is 0 Å². The topological polar surface area (TPSA) is 49.3 Å². The van der Waals surface area contributed by atoms with E-state index in [9.17, 15) is 9.90 Å². The van der Waals surface area contributed by atoms with E-state index in [0.717, 1.165) is 48.9 Å². The maximum atomic E-state index is 12.8. The Morgan fingerprint density at radius 1 is 1.21 bits per heavy atom. The summed E-state index contributed by atoms with van der Waals surface area (Å²) < 4.78 is 0. The Balaban J connectivity index is 1.94. The third-order valence-electron chi connectivity index (χ3n) is 5.36.